The van der Waals surface area contributed by atoms with E-state index in [0.717, 1.165) is 25.6 Å². The molecule has 5 nitrogen and oxygen atoms in total. The van der Waals surface area contributed by atoms with E-state index in [2.05, 4.69) is 42.4 Å². The molecule has 0 heterocycles. The molecule has 132 valence electrons. The van der Waals surface area contributed by atoms with Crippen molar-refractivity contribution < 1.29 is 14.3 Å². The summed E-state index contributed by atoms with van der Waals surface area (Å²) in [6, 6.07) is 9.50. The summed E-state index contributed by atoms with van der Waals surface area (Å²) in [5.74, 6) is 0.972. The van der Waals surface area contributed by atoms with Gasteiger partial charge in [0.05, 0.1) is 17.8 Å². The highest BCUT2D eigenvalue weighted by Crippen LogP contribution is 2.31. The van der Waals surface area contributed by atoms with Gasteiger partial charge in [0.15, 0.2) is 6.61 Å². The van der Waals surface area contributed by atoms with Crippen molar-refractivity contribution in [3.8, 4) is 11.5 Å². The second-order valence-electron chi connectivity index (χ2n) is 5.36. The molecule has 2 aromatic carbocycles. The number of nitrogens with one attached hydrogen (secondary N) is 1. The minimum Gasteiger partial charge on any atom is -0.495 e. The Balaban J connectivity index is 1.95. The number of hydrogen-bond acceptors (Lipinski definition) is 4. The fraction of sp³-hybridized carbons (Fsp3) is 0.222. The molecule has 25 heavy (non-hydrogen) atoms. The van der Waals surface area contributed by atoms with Gasteiger partial charge in [-0.05, 0) is 53.5 Å². The largest absolute Gasteiger partial charge is 0.495 e. The fourth-order valence-electron chi connectivity index (χ4n) is 2.20. The number of hydrazone groups is 1. The number of carbonyl (C=O) groups excluding carboxylic acids is 1. The number of benzene rings is 2. The normalized spacial score (nSPS) is 10.8. The molecular weight excluding hydrogens is 452 g/mol. The molecule has 0 unspecified atom stereocenters. The van der Waals surface area contributed by atoms with Gasteiger partial charge in [0, 0.05) is 10.0 Å². The smallest absolute Gasteiger partial charge is 0.277 e. The van der Waals surface area contributed by atoms with Crippen molar-refractivity contribution in [3.63, 3.8) is 0 Å². The molecule has 0 aliphatic carbocycles. The number of rotatable bonds is 6. The van der Waals surface area contributed by atoms with Crippen molar-refractivity contribution in [3.05, 3.63) is 56.0 Å². The van der Waals surface area contributed by atoms with E-state index < -0.39 is 0 Å². The molecule has 0 radical (unpaired) electrons. The first-order valence-corrected chi connectivity index (χ1v) is 9.04. The summed E-state index contributed by atoms with van der Waals surface area (Å²) in [4.78, 5) is 11.9. The highest BCUT2D eigenvalue weighted by molar-refractivity contribution is 9.11. The Morgan fingerprint density at radius 1 is 1.24 bits per heavy atom. The highest BCUT2D eigenvalue weighted by Gasteiger charge is 2.08. The number of ether oxygens (including phenoxy) is 2. The molecule has 0 fully saturated rings. The lowest BCUT2D eigenvalue weighted by Gasteiger charge is -2.09. The summed E-state index contributed by atoms with van der Waals surface area (Å²) in [6.07, 6.45) is 1.52. The minimum atomic E-state index is -0.343. The molecule has 0 aromatic heterocycles. The van der Waals surface area contributed by atoms with Crippen LogP contribution < -0.4 is 14.9 Å². The molecule has 2 aromatic rings. The maximum Gasteiger partial charge on any atom is 0.277 e. The first-order chi connectivity index (χ1) is 11.9. The van der Waals surface area contributed by atoms with E-state index in [1.165, 1.54) is 6.21 Å². The van der Waals surface area contributed by atoms with Gasteiger partial charge in [-0.3, -0.25) is 4.79 Å². The van der Waals surface area contributed by atoms with Crippen molar-refractivity contribution in [2.45, 2.75) is 13.8 Å². The van der Waals surface area contributed by atoms with E-state index in [4.69, 9.17) is 9.47 Å². The summed E-state index contributed by atoms with van der Waals surface area (Å²) >= 11 is 6.82. The Hall–Kier alpha value is -1.86. The standard InChI is InChI=1S/C18H18Br2N2O3/c1-11-4-5-16(12(2)6-11)25-10-17(23)22-21-9-13-7-14(19)8-15(20)18(13)24-3/h4-9H,10H2,1-3H3,(H,22,23)/b21-9+. The zero-order valence-electron chi connectivity index (χ0n) is 14.1. The Kier molecular flexibility index (Phi) is 7.01. The summed E-state index contributed by atoms with van der Waals surface area (Å²) in [5, 5.41) is 3.95. The lowest BCUT2D eigenvalue weighted by atomic mass is 10.1. The van der Waals surface area contributed by atoms with Crippen LogP contribution in [0.4, 0.5) is 0 Å². The molecule has 0 saturated heterocycles. The van der Waals surface area contributed by atoms with Crippen molar-refractivity contribution >= 4 is 44.0 Å². The van der Waals surface area contributed by atoms with Crippen molar-refractivity contribution in [1.29, 1.82) is 0 Å². The maximum atomic E-state index is 11.9. The molecular formula is C18H18Br2N2O3. The van der Waals surface area contributed by atoms with Gasteiger partial charge in [0.2, 0.25) is 0 Å². The molecule has 7 heteroatoms. The molecule has 1 amide bonds. The molecule has 0 atom stereocenters. The highest BCUT2D eigenvalue weighted by atomic mass is 79.9. The van der Waals surface area contributed by atoms with E-state index in [0.29, 0.717) is 11.5 Å². The molecule has 1 N–H and O–H groups in total. The van der Waals surface area contributed by atoms with Crippen LogP contribution in [0.1, 0.15) is 16.7 Å². The third kappa shape index (κ3) is 5.57. The molecule has 2 rings (SSSR count). The Morgan fingerprint density at radius 2 is 2.00 bits per heavy atom. The molecule has 0 aliphatic heterocycles. The summed E-state index contributed by atoms with van der Waals surface area (Å²) in [6.45, 7) is 3.84. The SMILES string of the molecule is COc1c(Br)cc(Br)cc1/C=N/NC(=O)COc1ccc(C)cc1C. The topological polar surface area (TPSA) is 59.9 Å². The van der Waals surface area contributed by atoms with Gasteiger partial charge in [0.25, 0.3) is 5.91 Å². The van der Waals surface area contributed by atoms with E-state index in [1.54, 1.807) is 7.11 Å². The zero-order chi connectivity index (χ0) is 18.4. The molecule has 0 bridgehead atoms. The van der Waals surface area contributed by atoms with E-state index in [9.17, 15) is 4.79 Å². The van der Waals surface area contributed by atoms with Gasteiger partial charge in [-0.2, -0.15) is 5.10 Å². The molecule has 0 saturated carbocycles. The van der Waals surface area contributed by atoms with Gasteiger partial charge < -0.3 is 9.47 Å². The number of hydrogen-bond donors (Lipinski definition) is 1. The summed E-state index contributed by atoms with van der Waals surface area (Å²) < 4.78 is 12.5. The minimum absolute atomic E-state index is 0.111. The van der Waals surface area contributed by atoms with Crippen LogP contribution in [0.15, 0.2) is 44.4 Å². The van der Waals surface area contributed by atoms with Crippen LogP contribution in [0.25, 0.3) is 0 Å². The zero-order valence-corrected chi connectivity index (χ0v) is 17.3. The maximum absolute atomic E-state index is 11.9. The average molecular weight is 470 g/mol. The van der Waals surface area contributed by atoms with E-state index in [1.807, 2.05) is 44.2 Å². The molecule has 0 aliphatic rings. The average Bonchev–Trinajstić information content (AvgIpc) is 2.53. The lowest BCUT2D eigenvalue weighted by molar-refractivity contribution is -0.123. The summed E-state index contributed by atoms with van der Waals surface area (Å²) in [5.41, 5.74) is 5.30. The van der Waals surface area contributed by atoms with Crippen LogP contribution >= 0.6 is 31.9 Å². The Bertz CT molecular complexity index is 807. The predicted molar refractivity (Wildman–Crippen MR) is 106 cm³/mol. The van der Waals surface area contributed by atoms with E-state index in [-0.39, 0.29) is 12.5 Å². The number of aryl methyl sites for hydroxylation is 2. The lowest BCUT2D eigenvalue weighted by Crippen LogP contribution is -2.24. The van der Waals surface area contributed by atoms with Crippen LogP contribution in [0.2, 0.25) is 0 Å². The van der Waals surface area contributed by atoms with E-state index >= 15 is 0 Å². The second-order valence-corrected chi connectivity index (χ2v) is 7.13. The van der Waals surface area contributed by atoms with Crippen LogP contribution in [0, 0.1) is 13.8 Å². The second kappa shape index (κ2) is 9.01. The van der Waals surface area contributed by atoms with Gasteiger partial charge in [0.1, 0.15) is 11.5 Å². The number of halogens is 2. The third-order valence-corrected chi connectivity index (χ3v) is 4.37. The van der Waals surface area contributed by atoms with Gasteiger partial charge >= 0.3 is 0 Å². The number of nitrogens with zero attached hydrogens (tertiary/aromatic N) is 1. The first kappa shape index (κ1) is 19.5. The number of amides is 1. The van der Waals surface area contributed by atoms with Crippen molar-refractivity contribution in [2.24, 2.45) is 5.10 Å². The summed E-state index contributed by atoms with van der Waals surface area (Å²) in [7, 11) is 1.57. The van der Waals surface area contributed by atoms with Crippen molar-refractivity contribution in [2.75, 3.05) is 13.7 Å². The fourth-order valence-corrected chi connectivity index (χ4v) is 3.62. The number of carbonyl (C=O) groups is 1. The van der Waals surface area contributed by atoms with Crippen LogP contribution in [0.3, 0.4) is 0 Å². The molecule has 0 spiro atoms. The third-order valence-electron chi connectivity index (χ3n) is 3.32. The predicted octanol–water partition coefficient (Wildman–Crippen LogP) is 4.37. The van der Waals surface area contributed by atoms with Crippen LogP contribution in [-0.2, 0) is 4.79 Å². The monoisotopic (exact) mass is 468 g/mol. The number of methoxy groups -OCH3 is 1. The Morgan fingerprint density at radius 3 is 2.68 bits per heavy atom. The van der Waals surface area contributed by atoms with Crippen LogP contribution in [0.5, 0.6) is 11.5 Å². The van der Waals surface area contributed by atoms with Gasteiger partial charge in [-0.25, -0.2) is 5.43 Å². The van der Waals surface area contributed by atoms with Gasteiger partial charge in [-0.15, -0.1) is 0 Å². The first-order valence-electron chi connectivity index (χ1n) is 7.45. The van der Waals surface area contributed by atoms with Crippen molar-refractivity contribution in [1.82, 2.24) is 5.43 Å². The quantitative estimate of drug-likeness (QED) is 0.504. The van der Waals surface area contributed by atoms with Gasteiger partial charge in [-0.1, -0.05) is 33.6 Å². The van der Waals surface area contributed by atoms with Crippen LogP contribution in [-0.4, -0.2) is 25.8 Å². The Labute approximate surface area is 163 Å².